The Kier molecular flexibility index (Phi) is 4.47. The van der Waals surface area contributed by atoms with E-state index in [-0.39, 0.29) is 11.8 Å². The fraction of sp³-hybridized carbons (Fsp3) is 0.533. The van der Waals surface area contributed by atoms with Gasteiger partial charge >= 0.3 is 0 Å². The molecule has 7 heteroatoms. The number of carbonyl (C=O) groups excluding carboxylic acids is 2. The van der Waals surface area contributed by atoms with Gasteiger partial charge in [-0.05, 0) is 37.8 Å². The number of nitrogens with zero attached hydrogens (tertiary/aromatic N) is 2. The number of piperidine rings is 1. The average molecular weight is 323 g/mol. The molecule has 0 aromatic carbocycles. The minimum absolute atomic E-state index is 0.125. The lowest BCUT2D eigenvalue weighted by molar-refractivity contribution is -0.124. The lowest BCUT2D eigenvalue weighted by Crippen LogP contribution is -2.50. The Morgan fingerprint density at radius 1 is 1.32 bits per heavy atom. The molecule has 2 fully saturated rings. The molecule has 2 saturated heterocycles. The van der Waals surface area contributed by atoms with E-state index in [1.165, 1.54) is 6.07 Å². The van der Waals surface area contributed by atoms with Crippen LogP contribution in [0.2, 0.25) is 5.15 Å². The molecular formula is C15H19ClN4O2. The van der Waals surface area contributed by atoms with Gasteiger partial charge in [-0.3, -0.25) is 9.59 Å². The summed E-state index contributed by atoms with van der Waals surface area (Å²) in [5.74, 6) is 0.314. The van der Waals surface area contributed by atoms with Crippen molar-refractivity contribution in [2.75, 3.05) is 24.5 Å². The number of anilines is 1. The van der Waals surface area contributed by atoms with Crippen LogP contribution in [0.3, 0.4) is 0 Å². The number of nitrogens with one attached hydrogen (secondary N) is 2. The van der Waals surface area contributed by atoms with Crippen LogP contribution >= 0.6 is 11.6 Å². The zero-order valence-corrected chi connectivity index (χ0v) is 13.0. The molecule has 0 radical (unpaired) electrons. The highest BCUT2D eigenvalue weighted by Gasteiger charge is 2.25. The molecule has 3 rings (SSSR count). The largest absolute Gasteiger partial charge is 0.357 e. The molecule has 1 unspecified atom stereocenters. The number of aromatic nitrogens is 1. The maximum atomic E-state index is 12.4. The molecule has 118 valence electrons. The van der Waals surface area contributed by atoms with Gasteiger partial charge in [-0.1, -0.05) is 11.6 Å². The van der Waals surface area contributed by atoms with Gasteiger partial charge in [0.2, 0.25) is 5.91 Å². The normalized spacial score (nSPS) is 21.6. The zero-order valence-electron chi connectivity index (χ0n) is 12.3. The topological polar surface area (TPSA) is 74.3 Å². The van der Waals surface area contributed by atoms with E-state index in [0.717, 1.165) is 38.2 Å². The maximum Gasteiger partial charge on any atom is 0.252 e. The molecule has 2 amide bonds. The summed E-state index contributed by atoms with van der Waals surface area (Å²) in [5.41, 5.74) is 0.445. The molecule has 0 spiro atoms. The van der Waals surface area contributed by atoms with Crippen molar-refractivity contribution in [3.8, 4) is 0 Å². The highest BCUT2D eigenvalue weighted by Crippen LogP contribution is 2.22. The highest BCUT2D eigenvalue weighted by molar-refractivity contribution is 6.30. The Labute approximate surface area is 134 Å². The molecule has 2 aliphatic rings. The highest BCUT2D eigenvalue weighted by atomic mass is 35.5. The summed E-state index contributed by atoms with van der Waals surface area (Å²) in [6.07, 6.45) is 3.78. The van der Waals surface area contributed by atoms with Crippen LogP contribution in [-0.4, -0.2) is 42.5 Å². The quantitative estimate of drug-likeness (QED) is 0.824. The third kappa shape index (κ3) is 3.32. The summed E-state index contributed by atoms with van der Waals surface area (Å²) in [4.78, 5) is 30.5. The predicted octanol–water partition coefficient (Wildman–Crippen LogP) is 1.34. The maximum absolute atomic E-state index is 12.4. The molecule has 2 aliphatic heterocycles. The Morgan fingerprint density at radius 2 is 2.09 bits per heavy atom. The molecule has 3 heterocycles. The molecule has 1 atom stereocenters. The predicted molar refractivity (Wildman–Crippen MR) is 84.2 cm³/mol. The number of hydrogen-bond donors (Lipinski definition) is 2. The van der Waals surface area contributed by atoms with Crippen LogP contribution in [0.5, 0.6) is 0 Å². The van der Waals surface area contributed by atoms with Gasteiger partial charge in [-0.2, -0.15) is 0 Å². The van der Waals surface area contributed by atoms with Crippen LogP contribution in [0.1, 0.15) is 36.0 Å². The van der Waals surface area contributed by atoms with Crippen LogP contribution in [0, 0.1) is 0 Å². The van der Waals surface area contributed by atoms with E-state index in [1.807, 2.05) is 0 Å². The van der Waals surface area contributed by atoms with Crippen molar-refractivity contribution in [2.24, 2.45) is 0 Å². The first-order chi connectivity index (χ1) is 10.6. The van der Waals surface area contributed by atoms with E-state index in [2.05, 4.69) is 20.5 Å². The second-order valence-corrected chi connectivity index (χ2v) is 6.08. The van der Waals surface area contributed by atoms with Crippen molar-refractivity contribution in [1.82, 2.24) is 15.6 Å². The van der Waals surface area contributed by atoms with Gasteiger partial charge in [-0.25, -0.2) is 4.98 Å². The van der Waals surface area contributed by atoms with Gasteiger partial charge < -0.3 is 15.5 Å². The first-order valence-electron chi connectivity index (χ1n) is 7.64. The molecule has 0 bridgehead atoms. The van der Waals surface area contributed by atoms with Gasteiger partial charge in [0.1, 0.15) is 17.0 Å². The summed E-state index contributed by atoms with van der Waals surface area (Å²) in [5, 5.41) is 5.82. The molecule has 1 aromatic heterocycles. The van der Waals surface area contributed by atoms with Gasteiger partial charge in [0.25, 0.3) is 5.91 Å². The first-order valence-corrected chi connectivity index (χ1v) is 8.02. The minimum atomic E-state index is -0.469. The second-order valence-electron chi connectivity index (χ2n) is 5.69. The van der Waals surface area contributed by atoms with Gasteiger partial charge in [-0.15, -0.1) is 0 Å². The van der Waals surface area contributed by atoms with Crippen molar-refractivity contribution < 1.29 is 9.59 Å². The van der Waals surface area contributed by atoms with E-state index >= 15 is 0 Å². The molecule has 0 saturated carbocycles. The summed E-state index contributed by atoms with van der Waals surface area (Å²) < 4.78 is 0. The fourth-order valence-corrected chi connectivity index (χ4v) is 3.08. The van der Waals surface area contributed by atoms with Gasteiger partial charge in [0.05, 0.1) is 0 Å². The third-order valence-corrected chi connectivity index (χ3v) is 4.26. The number of halogens is 1. The number of carbonyl (C=O) groups is 2. The van der Waals surface area contributed by atoms with Crippen LogP contribution in [0.15, 0.2) is 12.1 Å². The minimum Gasteiger partial charge on any atom is -0.357 e. The second kappa shape index (κ2) is 6.52. The molecule has 0 aliphatic carbocycles. The number of rotatable bonds is 3. The number of pyridine rings is 1. The lowest BCUT2D eigenvalue weighted by Gasteiger charge is -2.23. The summed E-state index contributed by atoms with van der Waals surface area (Å²) in [6, 6.07) is 2.81. The van der Waals surface area contributed by atoms with Crippen molar-refractivity contribution in [3.05, 3.63) is 22.8 Å². The number of hydrogen-bond acceptors (Lipinski definition) is 4. The Hall–Kier alpha value is -1.82. The monoisotopic (exact) mass is 322 g/mol. The molecule has 2 N–H and O–H groups in total. The fourth-order valence-electron chi connectivity index (χ4n) is 2.87. The Morgan fingerprint density at radius 3 is 2.82 bits per heavy atom. The summed E-state index contributed by atoms with van der Waals surface area (Å²) >= 11 is 6.05. The average Bonchev–Trinajstić information content (AvgIpc) is 3.03. The van der Waals surface area contributed by atoms with E-state index in [4.69, 9.17) is 11.6 Å². The first kappa shape index (κ1) is 15.1. The van der Waals surface area contributed by atoms with Crippen molar-refractivity contribution in [3.63, 3.8) is 0 Å². The molecule has 6 nitrogen and oxygen atoms in total. The third-order valence-electron chi connectivity index (χ3n) is 4.06. The van der Waals surface area contributed by atoms with E-state index in [1.54, 1.807) is 6.07 Å². The Bertz CT molecular complexity index is 587. The number of amides is 2. The standard InChI is InChI=1S/C15H19ClN4O2/c16-12-8-10(9-13(19-12)20-6-1-2-7-20)14(21)18-11-4-3-5-17-15(11)22/h8-9,11H,1-7H2,(H,17,22)(H,18,21). The van der Waals surface area contributed by atoms with Gasteiger partial charge in [0, 0.05) is 25.2 Å². The lowest BCUT2D eigenvalue weighted by atomic mass is 10.1. The van der Waals surface area contributed by atoms with Crippen LogP contribution in [0.4, 0.5) is 5.82 Å². The van der Waals surface area contributed by atoms with E-state index in [0.29, 0.717) is 23.7 Å². The van der Waals surface area contributed by atoms with Crippen LogP contribution in [-0.2, 0) is 4.79 Å². The smallest absolute Gasteiger partial charge is 0.252 e. The van der Waals surface area contributed by atoms with Crippen molar-refractivity contribution in [1.29, 1.82) is 0 Å². The van der Waals surface area contributed by atoms with Gasteiger partial charge in [0.15, 0.2) is 0 Å². The molecule has 1 aromatic rings. The van der Waals surface area contributed by atoms with Crippen LogP contribution < -0.4 is 15.5 Å². The summed E-state index contributed by atoms with van der Waals surface area (Å²) in [7, 11) is 0. The summed E-state index contributed by atoms with van der Waals surface area (Å²) in [6.45, 7) is 2.53. The van der Waals surface area contributed by atoms with E-state index < -0.39 is 6.04 Å². The van der Waals surface area contributed by atoms with Crippen LogP contribution in [0.25, 0.3) is 0 Å². The molecule has 22 heavy (non-hydrogen) atoms. The van der Waals surface area contributed by atoms with E-state index in [9.17, 15) is 9.59 Å². The zero-order chi connectivity index (χ0) is 15.5. The Balaban J connectivity index is 1.75. The SMILES string of the molecule is O=C(NC1CCCNC1=O)c1cc(Cl)nc(N2CCCC2)c1. The molecular weight excluding hydrogens is 304 g/mol. The van der Waals surface area contributed by atoms with Crippen molar-refractivity contribution >= 4 is 29.2 Å². The van der Waals surface area contributed by atoms with Crippen molar-refractivity contribution in [2.45, 2.75) is 31.7 Å².